The molecule has 0 radical (unpaired) electrons. The van der Waals surface area contributed by atoms with E-state index in [9.17, 15) is 4.79 Å². The Morgan fingerprint density at radius 1 is 1.03 bits per heavy atom. The minimum absolute atomic E-state index is 0.0418. The lowest BCUT2D eigenvalue weighted by molar-refractivity contribution is 0.335. The molecule has 3 heterocycles. The molecular formula is C25H21N3O2S2. The Kier molecular flexibility index (Phi) is 5.92. The zero-order chi connectivity index (χ0) is 21.9. The van der Waals surface area contributed by atoms with E-state index in [-0.39, 0.29) is 5.56 Å². The van der Waals surface area contributed by atoms with Crippen molar-refractivity contribution in [1.82, 2.24) is 14.5 Å². The van der Waals surface area contributed by atoms with Gasteiger partial charge in [0.25, 0.3) is 5.56 Å². The molecule has 5 nitrogen and oxygen atoms in total. The Balaban J connectivity index is 1.64. The number of thiophene rings is 1. The summed E-state index contributed by atoms with van der Waals surface area (Å²) in [4.78, 5) is 23.9. The van der Waals surface area contributed by atoms with Crippen LogP contribution in [0.15, 0.2) is 82.9 Å². The molecule has 0 saturated heterocycles. The van der Waals surface area contributed by atoms with Gasteiger partial charge in [-0.15, -0.1) is 11.3 Å². The Bertz CT molecular complexity index is 1440. The van der Waals surface area contributed by atoms with Crippen molar-refractivity contribution in [1.29, 1.82) is 0 Å². The minimum atomic E-state index is -0.0418. The van der Waals surface area contributed by atoms with Crippen LogP contribution in [0.3, 0.4) is 0 Å². The first-order valence-corrected chi connectivity index (χ1v) is 12.2. The van der Waals surface area contributed by atoms with Gasteiger partial charge >= 0.3 is 0 Å². The Labute approximate surface area is 193 Å². The average Bonchev–Trinajstić information content (AvgIpc) is 3.21. The van der Waals surface area contributed by atoms with Gasteiger partial charge in [-0.05, 0) is 30.7 Å². The fourth-order valence-electron chi connectivity index (χ4n) is 3.61. The standard InChI is InChI=1S/C25H21N3O2S2/c1-2-30-20-13-7-6-11-18(20)15-28-24(29)22-21(19-12-8-14-26-23(19)32-22)27-25(28)31-16-17-9-4-3-5-10-17/h3-14H,2,15-16H2,1H3. The van der Waals surface area contributed by atoms with Gasteiger partial charge in [0.15, 0.2) is 5.16 Å². The smallest absolute Gasteiger partial charge is 0.272 e. The van der Waals surface area contributed by atoms with Crippen molar-refractivity contribution in [2.45, 2.75) is 24.4 Å². The molecular weight excluding hydrogens is 438 g/mol. The van der Waals surface area contributed by atoms with Gasteiger partial charge in [0.1, 0.15) is 15.3 Å². The highest BCUT2D eigenvalue weighted by atomic mass is 32.2. The fourth-order valence-corrected chi connectivity index (χ4v) is 5.59. The number of pyridine rings is 1. The first-order chi connectivity index (χ1) is 15.7. The second-order valence-corrected chi connectivity index (χ2v) is 9.18. The molecule has 0 saturated carbocycles. The maximum Gasteiger partial charge on any atom is 0.272 e. The van der Waals surface area contributed by atoms with Crippen LogP contribution >= 0.6 is 23.1 Å². The van der Waals surface area contributed by atoms with Gasteiger partial charge in [-0.1, -0.05) is 60.3 Å². The molecule has 160 valence electrons. The monoisotopic (exact) mass is 459 g/mol. The third-order valence-electron chi connectivity index (χ3n) is 5.13. The van der Waals surface area contributed by atoms with Gasteiger partial charge in [0.2, 0.25) is 0 Å². The van der Waals surface area contributed by atoms with E-state index in [2.05, 4.69) is 17.1 Å². The molecule has 0 unspecified atom stereocenters. The molecule has 5 aromatic rings. The molecule has 32 heavy (non-hydrogen) atoms. The molecule has 3 aromatic heterocycles. The Hall–Kier alpha value is -3.16. The lowest BCUT2D eigenvalue weighted by Crippen LogP contribution is -2.23. The van der Waals surface area contributed by atoms with Gasteiger partial charge in [-0.3, -0.25) is 9.36 Å². The van der Waals surface area contributed by atoms with E-state index < -0.39 is 0 Å². The fraction of sp³-hybridized carbons (Fsp3) is 0.160. The summed E-state index contributed by atoms with van der Waals surface area (Å²) >= 11 is 2.98. The number of hydrogen-bond donors (Lipinski definition) is 0. The van der Waals surface area contributed by atoms with Gasteiger partial charge < -0.3 is 4.74 Å². The summed E-state index contributed by atoms with van der Waals surface area (Å²) in [5.41, 5.74) is 2.83. The van der Waals surface area contributed by atoms with Crippen LogP contribution in [0.25, 0.3) is 20.4 Å². The van der Waals surface area contributed by atoms with Crippen molar-refractivity contribution in [2.24, 2.45) is 0 Å². The first kappa shape index (κ1) is 20.7. The van der Waals surface area contributed by atoms with E-state index in [4.69, 9.17) is 9.72 Å². The highest BCUT2D eigenvalue weighted by Gasteiger charge is 2.18. The van der Waals surface area contributed by atoms with E-state index >= 15 is 0 Å². The minimum Gasteiger partial charge on any atom is -0.494 e. The van der Waals surface area contributed by atoms with E-state index in [1.807, 2.05) is 61.5 Å². The molecule has 0 N–H and O–H groups in total. The molecule has 0 atom stereocenters. The van der Waals surface area contributed by atoms with Crippen molar-refractivity contribution in [3.8, 4) is 5.75 Å². The van der Waals surface area contributed by atoms with Crippen molar-refractivity contribution in [3.05, 3.63) is 94.4 Å². The lowest BCUT2D eigenvalue weighted by atomic mass is 10.2. The summed E-state index contributed by atoms with van der Waals surface area (Å²) in [6.45, 7) is 2.93. The van der Waals surface area contributed by atoms with Crippen LogP contribution in [-0.4, -0.2) is 21.1 Å². The van der Waals surface area contributed by atoms with Gasteiger partial charge in [-0.2, -0.15) is 0 Å². The van der Waals surface area contributed by atoms with Crippen molar-refractivity contribution < 1.29 is 4.74 Å². The number of aromatic nitrogens is 3. The molecule has 7 heteroatoms. The molecule has 2 aromatic carbocycles. The van der Waals surface area contributed by atoms with Crippen LogP contribution in [0.5, 0.6) is 5.75 Å². The number of hydrogen-bond acceptors (Lipinski definition) is 6. The molecule has 0 aliphatic heterocycles. The largest absolute Gasteiger partial charge is 0.494 e. The topological polar surface area (TPSA) is 57.0 Å². The summed E-state index contributed by atoms with van der Waals surface area (Å²) in [6.07, 6.45) is 1.75. The highest BCUT2D eigenvalue weighted by molar-refractivity contribution is 7.98. The quantitative estimate of drug-likeness (QED) is 0.229. The number of thioether (sulfide) groups is 1. The first-order valence-electron chi connectivity index (χ1n) is 10.4. The summed E-state index contributed by atoms with van der Waals surface area (Å²) in [5.74, 6) is 1.52. The van der Waals surface area contributed by atoms with Gasteiger partial charge in [0, 0.05) is 22.9 Å². The molecule has 0 bridgehead atoms. The molecule has 0 aliphatic carbocycles. The molecule has 0 aliphatic rings. The van der Waals surface area contributed by atoms with Crippen LogP contribution < -0.4 is 10.3 Å². The molecule has 0 fully saturated rings. The van der Waals surface area contributed by atoms with Crippen LogP contribution in [0, 0.1) is 0 Å². The third-order valence-corrected chi connectivity index (χ3v) is 7.27. The SMILES string of the molecule is CCOc1ccccc1Cn1c(SCc2ccccc2)nc2c(sc3ncccc32)c1=O. The normalized spacial score (nSPS) is 11.3. The van der Waals surface area contributed by atoms with Crippen LogP contribution in [0.1, 0.15) is 18.1 Å². The van der Waals surface area contributed by atoms with Crippen LogP contribution in [0.2, 0.25) is 0 Å². The third kappa shape index (κ3) is 4.01. The van der Waals surface area contributed by atoms with E-state index in [1.54, 1.807) is 22.5 Å². The maximum atomic E-state index is 13.7. The van der Waals surface area contributed by atoms with Gasteiger partial charge in [0.05, 0.1) is 18.7 Å². The predicted molar refractivity (Wildman–Crippen MR) is 132 cm³/mol. The van der Waals surface area contributed by atoms with Crippen LogP contribution in [-0.2, 0) is 12.3 Å². The Morgan fingerprint density at radius 3 is 2.69 bits per heavy atom. The van der Waals surface area contributed by atoms with E-state index in [1.165, 1.54) is 16.9 Å². The predicted octanol–water partition coefficient (Wildman–Crippen LogP) is 5.75. The van der Waals surface area contributed by atoms with Crippen molar-refractivity contribution >= 4 is 43.5 Å². The number of para-hydroxylation sites is 1. The second kappa shape index (κ2) is 9.14. The lowest BCUT2D eigenvalue weighted by Gasteiger charge is -2.15. The number of fused-ring (bicyclic) bond motifs is 3. The number of benzene rings is 2. The highest BCUT2D eigenvalue weighted by Crippen LogP contribution is 2.32. The Morgan fingerprint density at radius 2 is 1.84 bits per heavy atom. The number of ether oxygens (including phenoxy) is 1. The van der Waals surface area contributed by atoms with E-state index in [0.717, 1.165) is 32.8 Å². The van der Waals surface area contributed by atoms with Crippen molar-refractivity contribution in [3.63, 3.8) is 0 Å². The second-order valence-electron chi connectivity index (χ2n) is 7.24. The van der Waals surface area contributed by atoms with Gasteiger partial charge in [-0.25, -0.2) is 9.97 Å². The summed E-state index contributed by atoms with van der Waals surface area (Å²) in [6, 6.07) is 21.9. The number of rotatable bonds is 7. The van der Waals surface area contributed by atoms with E-state index in [0.29, 0.717) is 23.0 Å². The van der Waals surface area contributed by atoms with Crippen molar-refractivity contribution in [2.75, 3.05) is 6.61 Å². The molecule has 0 spiro atoms. The summed E-state index contributed by atoms with van der Waals surface area (Å²) in [7, 11) is 0. The summed E-state index contributed by atoms with van der Waals surface area (Å²) in [5, 5.41) is 1.62. The summed E-state index contributed by atoms with van der Waals surface area (Å²) < 4.78 is 8.21. The van der Waals surface area contributed by atoms with Crippen LogP contribution in [0.4, 0.5) is 0 Å². The molecule has 0 amide bonds. The zero-order valence-electron chi connectivity index (χ0n) is 17.5. The average molecular weight is 460 g/mol. The maximum absolute atomic E-state index is 13.7. The number of nitrogens with zero attached hydrogens (tertiary/aromatic N) is 3. The zero-order valence-corrected chi connectivity index (χ0v) is 19.2. The molecule has 5 rings (SSSR count).